The minimum atomic E-state index is 0.210. The molecule has 7 heteroatoms. The van der Waals surface area contributed by atoms with Crippen LogP contribution in [0, 0.1) is 0 Å². The van der Waals surface area contributed by atoms with Gasteiger partial charge in [0, 0.05) is 28.9 Å². The lowest BCUT2D eigenvalue weighted by Gasteiger charge is -2.04. The van der Waals surface area contributed by atoms with Crippen LogP contribution >= 0.6 is 0 Å². The van der Waals surface area contributed by atoms with Crippen LogP contribution in [0.2, 0.25) is 0 Å². The molecule has 0 spiro atoms. The van der Waals surface area contributed by atoms with Crippen LogP contribution in [0.5, 0.6) is 5.75 Å². The minimum Gasteiger partial charge on any atom is -0.508 e. The fourth-order valence-electron chi connectivity index (χ4n) is 3.09. The van der Waals surface area contributed by atoms with Gasteiger partial charge in [-0.25, -0.2) is 14.6 Å². The van der Waals surface area contributed by atoms with Gasteiger partial charge in [-0.15, -0.1) is 5.10 Å². The molecule has 0 bridgehead atoms. The van der Waals surface area contributed by atoms with Gasteiger partial charge in [-0.3, -0.25) is 0 Å². The van der Waals surface area contributed by atoms with E-state index in [0.717, 1.165) is 33.4 Å². The first-order chi connectivity index (χ1) is 12.8. The zero-order valence-electron chi connectivity index (χ0n) is 13.7. The Morgan fingerprint density at radius 1 is 1.08 bits per heavy atom. The van der Waals surface area contributed by atoms with Crippen LogP contribution in [-0.4, -0.2) is 35.1 Å². The van der Waals surface area contributed by atoms with Gasteiger partial charge >= 0.3 is 0 Å². The lowest BCUT2D eigenvalue weighted by atomic mass is 10.1. The maximum atomic E-state index is 9.71. The second kappa shape index (κ2) is 5.66. The van der Waals surface area contributed by atoms with Crippen LogP contribution in [0.15, 0.2) is 60.9 Å². The largest absolute Gasteiger partial charge is 0.508 e. The van der Waals surface area contributed by atoms with E-state index in [9.17, 15) is 5.11 Å². The first kappa shape index (κ1) is 14.6. The van der Waals surface area contributed by atoms with E-state index in [4.69, 9.17) is 4.98 Å². The summed E-state index contributed by atoms with van der Waals surface area (Å²) < 4.78 is 1.78. The van der Waals surface area contributed by atoms with Gasteiger partial charge in [0.05, 0.1) is 12.2 Å². The number of nitrogens with one attached hydrogen (secondary N) is 1. The highest BCUT2D eigenvalue weighted by atomic mass is 16.3. The molecular weight excluding hydrogens is 328 g/mol. The third-order valence-corrected chi connectivity index (χ3v) is 4.36. The third-order valence-electron chi connectivity index (χ3n) is 4.36. The number of rotatable bonds is 3. The highest BCUT2D eigenvalue weighted by Crippen LogP contribution is 2.24. The topological polar surface area (TPSA) is 92.5 Å². The number of hydrogen-bond acceptors (Lipinski definition) is 5. The Kier molecular flexibility index (Phi) is 3.18. The molecule has 0 saturated heterocycles. The Bertz CT molecular complexity index is 1240. The number of benzene rings is 1. The van der Waals surface area contributed by atoms with Crippen molar-refractivity contribution in [3.05, 3.63) is 66.5 Å². The Balaban J connectivity index is 1.59. The molecule has 0 unspecified atom stereocenters. The molecule has 5 aromatic rings. The number of nitrogens with zero attached hydrogens (tertiary/aromatic N) is 5. The van der Waals surface area contributed by atoms with Crippen molar-refractivity contribution in [2.75, 3.05) is 0 Å². The SMILES string of the molecule is Oc1cccc(-c2ccc3nnn(Cc4c[nH]c5ncccc45)c3n2)c1. The molecule has 0 aliphatic heterocycles. The molecule has 0 fully saturated rings. The molecule has 2 N–H and O–H groups in total. The molecule has 0 atom stereocenters. The van der Waals surface area contributed by atoms with Crippen molar-refractivity contribution in [2.24, 2.45) is 0 Å². The molecule has 26 heavy (non-hydrogen) atoms. The van der Waals surface area contributed by atoms with Crippen LogP contribution < -0.4 is 0 Å². The average Bonchev–Trinajstić information content (AvgIpc) is 3.26. The van der Waals surface area contributed by atoms with E-state index in [2.05, 4.69) is 20.3 Å². The van der Waals surface area contributed by atoms with Crippen molar-refractivity contribution in [3.8, 4) is 17.0 Å². The van der Waals surface area contributed by atoms with Crippen molar-refractivity contribution in [1.29, 1.82) is 0 Å². The maximum absolute atomic E-state index is 9.71. The van der Waals surface area contributed by atoms with Gasteiger partial charge in [-0.1, -0.05) is 17.3 Å². The van der Waals surface area contributed by atoms with Crippen LogP contribution in [0.25, 0.3) is 33.5 Å². The molecule has 0 radical (unpaired) electrons. The van der Waals surface area contributed by atoms with E-state index < -0.39 is 0 Å². The fourth-order valence-corrected chi connectivity index (χ4v) is 3.09. The normalized spacial score (nSPS) is 11.4. The predicted molar refractivity (Wildman–Crippen MR) is 97.6 cm³/mol. The van der Waals surface area contributed by atoms with Crippen molar-refractivity contribution in [1.82, 2.24) is 29.9 Å². The molecule has 0 amide bonds. The van der Waals surface area contributed by atoms with E-state index in [0.29, 0.717) is 12.2 Å². The van der Waals surface area contributed by atoms with E-state index in [1.165, 1.54) is 0 Å². The Morgan fingerprint density at radius 2 is 2.04 bits per heavy atom. The standard InChI is InChI=1S/C19H14N6O/c26-14-4-1-3-12(9-14)16-6-7-17-19(22-16)25(24-23-17)11-13-10-21-18-15(13)5-2-8-20-18/h1-10,26H,11H2,(H,20,21). The molecule has 4 heterocycles. The summed E-state index contributed by atoms with van der Waals surface area (Å²) in [6.45, 7) is 0.540. The molecule has 0 aliphatic carbocycles. The van der Waals surface area contributed by atoms with Gasteiger partial charge in [-0.05, 0) is 36.4 Å². The smallest absolute Gasteiger partial charge is 0.179 e. The monoisotopic (exact) mass is 342 g/mol. The summed E-state index contributed by atoms with van der Waals surface area (Å²) in [5.74, 6) is 0.210. The molecule has 126 valence electrons. The molecule has 7 nitrogen and oxygen atoms in total. The summed E-state index contributed by atoms with van der Waals surface area (Å²) in [6.07, 6.45) is 3.70. The summed E-state index contributed by atoms with van der Waals surface area (Å²) in [5, 5.41) is 19.2. The third kappa shape index (κ3) is 2.37. The Hall–Kier alpha value is -3.74. The summed E-state index contributed by atoms with van der Waals surface area (Å²) in [6, 6.07) is 14.7. The molecule has 0 saturated carbocycles. The fraction of sp³-hybridized carbons (Fsp3) is 0.0526. The lowest BCUT2D eigenvalue weighted by Crippen LogP contribution is -2.02. The number of hydrogen-bond donors (Lipinski definition) is 2. The Labute approximate surface area is 148 Å². The predicted octanol–water partition coefficient (Wildman–Crippen LogP) is 3.12. The molecule has 4 aromatic heterocycles. The Morgan fingerprint density at radius 3 is 2.96 bits per heavy atom. The summed E-state index contributed by atoms with van der Waals surface area (Å²) in [7, 11) is 0. The molecular formula is C19H14N6O. The zero-order valence-corrected chi connectivity index (χ0v) is 13.7. The number of fused-ring (bicyclic) bond motifs is 2. The van der Waals surface area contributed by atoms with E-state index in [1.807, 2.05) is 36.5 Å². The molecule has 5 rings (SSSR count). The first-order valence-corrected chi connectivity index (χ1v) is 8.18. The minimum absolute atomic E-state index is 0.210. The van der Waals surface area contributed by atoms with Crippen LogP contribution in [0.1, 0.15) is 5.56 Å². The van der Waals surface area contributed by atoms with Gasteiger partial charge < -0.3 is 10.1 Å². The summed E-state index contributed by atoms with van der Waals surface area (Å²) >= 11 is 0. The summed E-state index contributed by atoms with van der Waals surface area (Å²) in [4.78, 5) is 12.2. The van der Waals surface area contributed by atoms with Crippen LogP contribution in [-0.2, 0) is 6.54 Å². The molecule has 1 aromatic carbocycles. The van der Waals surface area contributed by atoms with Crippen molar-refractivity contribution < 1.29 is 5.11 Å². The van der Waals surface area contributed by atoms with E-state index >= 15 is 0 Å². The highest BCUT2D eigenvalue weighted by molar-refractivity contribution is 5.80. The van der Waals surface area contributed by atoms with Gasteiger partial charge in [0.25, 0.3) is 0 Å². The number of pyridine rings is 2. The first-order valence-electron chi connectivity index (χ1n) is 8.18. The lowest BCUT2D eigenvalue weighted by molar-refractivity contribution is 0.475. The number of phenols is 1. The second-order valence-electron chi connectivity index (χ2n) is 6.05. The zero-order chi connectivity index (χ0) is 17.5. The quantitative estimate of drug-likeness (QED) is 0.525. The van der Waals surface area contributed by atoms with Gasteiger partial charge in [0.2, 0.25) is 0 Å². The highest BCUT2D eigenvalue weighted by Gasteiger charge is 2.11. The average molecular weight is 342 g/mol. The van der Waals surface area contributed by atoms with E-state index in [1.54, 1.807) is 29.1 Å². The summed E-state index contributed by atoms with van der Waals surface area (Å²) in [5.41, 5.74) is 4.95. The van der Waals surface area contributed by atoms with Crippen LogP contribution in [0.4, 0.5) is 0 Å². The van der Waals surface area contributed by atoms with Crippen LogP contribution in [0.3, 0.4) is 0 Å². The van der Waals surface area contributed by atoms with Gasteiger partial charge in [0.15, 0.2) is 5.65 Å². The second-order valence-corrected chi connectivity index (χ2v) is 6.05. The number of aromatic hydroxyl groups is 1. The maximum Gasteiger partial charge on any atom is 0.179 e. The molecule has 0 aliphatic rings. The number of aromatic nitrogens is 6. The van der Waals surface area contributed by atoms with Crippen molar-refractivity contribution in [2.45, 2.75) is 6.54 Å². The van der Waals surface area contributed by atoms with Gasteiger partial charge in [0.1, 0.15) is 16.9 Å². The van der Waals surface area contributed by atoms with Crippen molar-refractivity contribution in [3.63, 3.8) is 0 Å². The van der Waals surface area contributed by atoms with Gasteiger partial charge in [-0.2, -0.15) is 0 Å². The number of H-pyrrole nitrogens is 1. The van der Waals surface area contributed by atoms with E-state index in [-0.39, 0.29) is 5.75 Å². The van der Waals surface area contributed by atoms with Crippen molar-refractivity contribution >= 4 is 22.2 Å². The number of phenolic OH excluding ortho intramolecular Hbond substituents is 1. The number of aromatic amines is 1.